The molecule has 0 fully saturated rings. The predicted octanol–water partition coefficient (Wildman–Crippen LogP) is 2.43. The van der Waals surface area contributed by atoms with Crippen molar-refractivity contribution in [2.75, 3.05) is 24.4 Å². The first-order valence-electron chi connectivity index (χ1n) is 2.96. The number of rotatable bonds is 5. The maximum absolute atomic E-state index is 5.00. The zero-order valence-electron chi connectivity index (χ0n) is 5.57. The zero-order valence-corrected chi connectivity index (χ0v) is 8.74. The van der Waals surface area contributed by atoms with E-state index < -0.39 is 0 Å². The number of hydrogen-bond acceptors (Lipinski definition) is 1. The van der Waals surface area contributed by atoms with Gasteiger partial charge in [0.15, 0.2) is 0 Å². The molecule has 0 rings (SSSR count). The molecule has 0 aromatic heterocycles. The number of methoxy groups -OCH3 is 1. The van der Waals surface area contributed by atoms with Crippen LogP contribution >= 0.6 is 31.9 Å². The van der Waals surface area contributed by atoms with Crippen LogP contribution < -0.4 is 0 Å². The molecule has 1 atom stereocenters. The molecule has 0 amide bonds. The smallest absolute Gasteiger partial charge is 0.0498 e. The van der Waals surface area contributed by atoms with E-state index in [9.17, 15) is 0 Å². The van der Waals surface area contributed by atoms with Crippen LogP contribution in [0.2, 0.25) is 0 Å². The van der Waals surface area contributed by atoms with Crippen LogP contribution in [0.3, 0.4) is 0 Å². The van der Waals surface area contributed by atoms with Crippen molar-refractivity contribution in [2.45, 2.75) is 6.42 Å². The number of halogens is 2. The first kappa shape index (κ1) is 9.92. The van der Waals surface area contributed by atoms with Gasteiger partial charge >= 0.3 is 0 Å². The summed E-state index contributed by atoms with van der Waals surface area (Å²) in [4.78, 5) is 0. The highest BCUT2D eigenvalue weighted by molar-refractivity contribution is 9.09. The molecule has 0 aliphatic heterocycles. The zero-order chi connectivity index (χ0) is 7.11. The second kappa shape index (κ2) is 7.03. The highest BCUT2D eigenvalue weighted by atomic mass is 79.9. The molecule has 56 valence electrons. The average molecular weight is 260 g/mol. The van der Waals surface area contributed by atoms with Crippen molar-refractivity contribution in [3.05, 3.63) is 0 Å². The van der Waals surface area contributed by atoms with Gasteiger partial charge in [0.25, 0.3) is 0 Å². The number of hydrogen-bond donors (Lipinski definition) is 0. The van der Waals surface area contributed by atoms with Gasteiger partial charge in [0.2, 0.25) is 0 Å². The van der Waals surface area contributed by atoms with Crippen molar-refractivity contribution in [2.24, 2.45) is 5.92 Å². The molecule has 0 spiro atoms. The minimum Gasteiger partial charge on any atom is -0.384 e. The fraction of sp³-hybridized carbons (Fsp3) is 1.00. The van der Waals surface area contributed by atoms with Crippen LogP contribution in [0, 0.1) is 5.92 Å². The molecule has 0 bridgehead atoms. The summed E-state index contributed by atoms with van der Waals surface area (Å²) >= 11 is 6.80. The highest BCUT2D eigenvalue weighted by Crippen LogP contribution is 2.08. The van der Waals surface area contributed by atoms with Crippen molar-refractivity contribution in [3.8, 4) is 0 Å². The first-order chi connectivity index (χ1) is 4.35. The van der Waals surface area contributed by atoms with Crippen molar-refractivity contribution in [1.82, 2.24) is 0 Å². The Labute approximate surface area is 73.4 Å². The van der Waals surface area contributed by atoms with Gasteiger partial charge < -0.3 is 4.74 Å². The van der Waals surface area contributed by atoms with E-state index in [0.717, 1.165) is 17.3 Å². The number of alkyl halides is 2. The Kier molecular flexibility index (Phi) is 7.75. The second-order valence-electron chi connectivity index (χ2n) is 1.95. The molecular weight excluding hydrogens is 248 g/mol. The third-order valence-electron chi connectivity index (χ3n) is 1.14. The number of ether oxygens (including phenoxy) is 1. The van der Waals surface area contributed by atoms with Crippen molar-refractivity contribution in [3.63, 3.8) is 0 Å². The SMILES string of the molecule is COCC(CBr)CCBr. The largest absolute Gasteiger partial charge is 0.384 e. The van der Waals surface area contributed by atoms with Gasteiger partial charge in [-0.2, -0.15) is 0 Å². The highest BCUT2D eigenvalue weighted by Gasteiger charge is 2.03. The lowest BCUT2D eigenvalue weighted by atomic mass is 10.1. The molecule has 0 saturated heterocycles. The molecule has 1 unspecified atom stereocenters. The minimum atomic E-state index is 0.661. The van der Waals surface area contributed by atoms with Crippen LogP contribution in [0.1, 0.15) is 6.42 Å². The normalized spacial score (nSPS) is 13.7. The van der Waals surface area contributed by atoms with E-state index >= 15 is 0 Å². The first-order valence-corrected chi connectivity index (χ1v) is 5.20. The summed E-state index contributed by atoms with van der Waals surface area (Å²) < 4.78 is 5.00. The molecule has 3 heteroatoms. The van der Waals surface area contributed by atoms with Gasteiger partial charge in [0, 0.05) is 24.4 Å². The maximum Gasteiger partial charge on any atom is 0.0498 e. The quantitative estimate of drug-likeness (QED) is 0.690. The lowest BCUT2D eigenvalue weighted by Crippen LogP contribution is -2.09. The van der Waals surface area contributed by atoms with Crippen LogP contribution in [-0.4, -0.2) is 24.4 Å². The topological polar surface area (TPSA) is 9.23 Å². The molecule has 0 aliphatic rings. The van der Waals surface area contributed by atoms with Gasteiger partial charge in [0.1, 0.15) is 0 Å². The summed E-state index contributed by atoms with van der Waals surface area (Å²) in [5, 5.41) is 2.10. The fourth-order valence-electron chi connectivity index (χ4n) is 0.595. The van der Waals surface area contributed by atoms with E-state index in [4.69, 9.17) is 4.74 Å². The van der Waals surface area contributed by atoms with Crippen molar-refractivity contribution < 1.29 is 4.74 Å². The second-order valence-corrected chi connectivity index (χ2v) is 3.39. The summed E-state index contributed by atoms with van der Waals surface area (Å²) in [6, 6.07) is 0. The minimum absolute atomic E-state index is 0.661. The average Bonchev–Trinajstić information content (AvgIpc) is 1.88. The van der Waals surface area contributed by atoms with E-state index in [-0.39, 0.29) is 0 Å². The lowest BCUT2D eigenvalue weighted by molar-refractivity contribution is 0.161. The molecule has 0 N–H and O–H groups in total. The lowest BCUT2D eigenvalue weighted by Gasteiger charge is -2.09. The van der Waals surface area contributed by atoms with Crippen LogP contribution in [-0.2, 0) is 4.74 Å². The van der Waals surface area contributed by atoms with Gasteiger partial charge in [-0.1, -0.05) is 31.9 Å². The van der Waals surface area contributed by atoms with Crippen LogP contribution in [0.25, 0.3) is 0 Å². The Bertz CT molecular complexity index is 53.0. The molecular formula is C6H12Br2O. The Balaban J connectivity index is 3.18. The van der Waals surface area contributed by atoms with E-state index in [0.29, 0.717) is 5.92 Å². The molecule has 0 heterocycles. The summed E-state index contributed by atoms with van der Waals surface area (Å²) in [6.07, 6.45) is 1.18. The van der Waals surface area contributed by atoms with Gasteiger partial charge in [-0.3, -0.25) is 0 Å². The van der Waals surface area contributed by atoms with Crippen molar-refractivity contribution >= 4 is 31.9 Å². The Morgan fingerprint density at radius 1 is 1.44 bits per heavy atom. The van der Waals surface area contributed by atoms with Crippen LogP contribution in [0.5, 0.6) is 0 Å². The third kappa shape index (κ3) is 5.37. The van der Waals surface area contributed by atoms with E-state index in [2.05, 4.69) is 31.9 Å². The van der Waals surface area contributed by atoms with Gasteiger partial charge in [0.05, 0.1) is 0 Å². The summed E-state index contributed by atoms with van der Waals surface area (Å²) in [5.41, 5.74) is 0. The van der Waals surface area contributed by atoms with E-state index in [1.165, 1.54) is 6.42 Å². The molecule has 1 nitrogen and oxygen atoms in total. The molecule has 0 saturated carbocycles. The molecule has 0 aromatic carbocycles. The Morgan fingerprint density at radius 2 is 2.11 bits per heavy atom. The van der Waals surface area contributed by atoms with Crippen LogP contribution in [0.15, 0.2) is 0 Å². The fourth-order valence-corrected chi connectivity index (χ4v) is 1.75. The maximum atomic E-state index is 5.00. The van der Waals surface area contributed by atoms with E-state index in [1.807, 2.05) is 0 Å². The summed E-state index contributed by atoms with van der Waals surface area (Å²) in [7, 11) is 1.74. The molecule has 0 aliphatic carbocycles. The standard InChI is InChI=1S/C6H12Br2O/c1-9-5-6(4-8)2-3-7/h6H,2-5H2,1H3. The third-order valence-corrected chi connectivity index (χ3v) is 2.51. The molecule has 9 heavy (non-hydrogen) atoms. The monoisotopic (exact) mass is 258 g/mol. The van der Waals surface area contributed by atoms with Crippen LogP contribution in [0.4, 0.5) is 0 Å². The van der Waals surface area contributed by atoms with Crippen molar-refractivity contribution in [1.29, 1.82) is 0 Å². The predicted molar refractivity (Wildman–Crippen MR) is 47.6 cm³/mol. The van der Waals surface area contributed by atoms with Gasteiger partial charge in [-0.15, -0.1) is 0 Å². The Hall–Kier alpha value is 0.920. The van der Waals surface area contributed by atoms with Gasteiger partial charge in [-0.05, 0) is 12.3 Å². The summed E-state index contributed by atoms with van der Waals surface area (Å²) in [6.45, 7) is 0.858. The molecule has 0 aromatic rings. The van der Waals surface area contributed by atoms with Gasteiger partial charge in [-0.25, -0.2) is 0 Å². The Morgan fingerprint density at radius 3 is 2.44 bits per heavy atom. The molecule has 0 radical (unpaired) electrons. The van der Waals surface area contributed by atoms with E-state index in [1.54, 1.807) is 7.11 Å². The summed E-state index contributed by atoms with van der Waals surface area (Å²) in [5.74, 6) is 0.661.